The number of morpholine rings is 1. The number of aromatic amines is 1. The molecule has 0 radical (unpaired) electrons. The van der Waals surface area contributed by atoms with E-state index in [-0.39, 0.29) is 18.1 Å². The van der Waals surface area contributed by atoms with Gasteiger partial charge >= 0.3 is 0 Å². The molecule has 0 unspecified atom stereocenters. The Morgan fingerprint density at radius 2 is 1.86 bits per heavy atom. The average molecular weight is 378 g/mol. The number of amides is 1. The number of carbonyl (C=O) groups is 1. The predicted octanol–water partition coefficient (Wildman–Crippen LogP) is 3.10. The van der Waals surface area contributed by atoms with E-state index in [1.807, 2.05) is 12.1 Å². The van der Waals surface area contributed by atoms with Gasteiger partial charge in [-0.3, -0.25) is 9.69 Å². The minimum Gasteiger partial charge on any atom is -0.373 e. The summed E-state index contributed by atoms with van der Waals surface area (Å²) in [5.74, 6) is -0.0862. The molecule has 3 aromatic rings. The van der Waals surface area contributed by atoms with E-state index in [1.165, 1.54) is 5.56 Å². The largest absolute Gasteiger partial charge is 0.373 e. The van der Waals surface area contributed by atoms with Crippen molar-refractivity contribution in [3.63, 3.8) is 0 Å². The number of rotatable bonds is 5. The lowest BCUT2D eigenvalue weighted by Gasteiger charge is -2.35. The van der Waals surface area contributed by atoms with Gasteiger partial charge in [0.15, 0.2) is 0 Å². The maximum atomic E-state index is 12.4. The highest BCUT2D eigenvalue weighted by Gasteiger charge is 2.21. The summed E-state index contributed by atoms with van der Waals surface area (Å²) in [5.41, 5.74) is 4.72. The number of carbonyl (C=O) groups excluding carboxylic acids is 1. The van der Waals surface area contributed by atoms with Gasteiger partial charge in [-0.05, 0) is 43.2 Å². The van der Waals surface area contributed by atoms with Crippen molar-refractivity contribution in [3.8, 4) is 0 Å². The Morgan fingerprint density at radius 1 is 1.14 bits per heavy atom. The van der Waals surface area contributed by atoms with Crippen molar-refractivity contribution in [1.82, 2.24) is 20.2 Å². The van der Waals surface area contributed by atoms with Crippen LogP contribution in [0.4, 0.5) is 0 Å². The quantitative estimate of drug-likeness (QED) is 0.716. The van der Waals surface area contributed by atoms with E-state index in [1.54, 1.807) is 12.4 Å². The molecule has 2 atom stereocenters. The fourth-order valence-corrected chi connectivity index (χ4v) is 3.80. The lowest BCUT2D eigenvalue weighted by molar-refractivity contribution is -0.0704. The van der Waals surface area contributed by atoms with Gasteiger partial charge in [-0.25, -0.2) is 4.98 Å². The number of nitrogens with one attached hydrogen (secondary N) is 2. The van der Waals surface area contributed by atoms with Crippen LogP contribution in [0.5, 0.6) is 0 Å². The Morgan fingerprint density at radius 3 is 2.61 bits per heavy atom. The Bertz CT molecular complexity index is 941. The van der Waals surface area contributed by atoms with E-state index in [2.05, 4.69) is 58.3 Å². The summed E-state index contributed by atoms with van der Waals surface area (Å²) in [5, 5.41) is 2.98. The smallest absolute Gasteiger partial charge is 0.251 e. The molecule has 1 saturated heterocycles. The molecule has 4 rings (SSSR count). The summed E-state index contributed by atoms with van der Waals surface area (Å²) in [6, 6.07) is 13.9. The molecule has 6 nitrogen and oxygen atoms in total. The van der Waals surface area contributed by atoms with Gasteiger partial charge in [-0.15, -0.1) is 0 Å². The Balaban J connectivity index is 1.32. The highest BCUT2D eigenvalue weighted by molar-refractivity contribution is 5.97. The lowest BCUT2D eigenvalue weighted by atomic mass is 10.1. The zero-order valence-corrected chi connectivity index (χ0v) is 16.3. The number of nitrogens with zero attached hydrogens (tertiary/aromatic N) is 2. The second-order valence-electron chi connectivity index (χ2n) is 7.59. The van der Waals surface area contributed by atoms with Gasteiger partial charge in [-0.2, -0.15) is 0 Å². The van der Waals surface area contributed by atoms with Gasteiger partial charge in [0.05, 0.1) is 29.6 Å². The number of benzene rings is 2. The molecule has 0 saturated carbocycles. The number of hydrogen-bond donors (Lipinski definition) is 2. The van der Waals surface area contributed by atoms with Crippen LogP contribution >= 0.6 is 0 Å². The third kappa shape index (κ3) is 4.40. The van der Waals surface area contributed by atoms with E-state index in [9.17, 15) is 4.79 Å². The molecule has 2 aromatic carbocycles. The van der Waals surface area contributed by atoms with Crippen LogP contribution in [0, 0.1) is 0 Å². The van der Waals surface area contributed by atoms with Crippen molar-refractivity contribution in [2.45, 2.75) is 39.1 Å². The van der Waals surface area contributed by atoms with Crippen molar-refractivity contribution >= 4 is 16.9 Å². The summed E-state index contributed by atoms with van der Waals surface area (Å²) in [4.78, 5) is 22.0. The summed E-state index contributed by atoms with van der Waals surface area (Å²) in [6.45, 7) is 7.60. The molecule has 0 aliphatic carbocycles. The molecule has 1 aromatic heterocycles. The zero-order valence-electron chi connectivity index (χ0n) is 16.3. The van der Waals surface area contributed by atoms with E-state index in [4.69, 9.17) is 4.74 Å². The number of fused-ring (bicyclic) bond motifs is 1. The highest BCUT2D eigenvalue weighted by Crippen LogP contribution is 2.15. The van der Waals surface area contributed by atoms with Gasteiger partial charge in [0, 0.05) is 31.7 Å². The summed E-state index contributed by atoms with van der Waals surface area (Å²) in [7, 11) is 0. The molecular weight excluding hydrogens is 352 g/mol. The van der Waals surface area contributed by atoms with Crippen LogP contribution in [0.25, 0.3) is 11.0 Å². The minimum atomic E-state index is -0.0862. The fourth-order valence-electron chi connectivity index (χ4n) is 3.80. The van der Waals surface area contributed by atoms with Crippen LogP contribution in [-0.2, 0) is 17.8 Å². The van der Waals surface area contributed by atoms with E-state index < -0.39 is 0 Å². The number of H-pyrrole nitrogens is 1. The first-order valence-corrected chi connectivity index (χ1v) is 9.74. The Labute approximate surface area is 164 Å². The van der Waals surface area contributed by atoms with E-state index in [0.717, 1.165) is 36.2 Å². The standard InChI is InChI=1S/C22H26N4O2/c1-15-11-26(12-16(2)28-15)13-18-5-3-17(4-6-18)10-23-22(27)19-7-8-20-21(9-19)25-14-24-20/h3-9,14-16H,10-13H2,1-2H3,(H,23,27)(H,24,25)/t15-,16-/m1/s1. The fraction of sp³-hybridized carbons (Fsp3) is 0.364. The normalized spacial score (nSPS) is 20.4. The molecule has 2 heterocycles. The summed E-state index contributed by atoms with van der Waals surface area (Å²) >= 11 is 0. The molecular formula is C22H26N4O2. The number of ether oxygens (including phenoxy) is 1. The molecule has 6 heteroatoms. The second kappa shape index (κ2) is 8.12. The zero-order chi connectivity index (χ0) is 19.5. The molecule has 1 fully saturated rings. The predicted molar refractivity (Wildman–Crippen MR) is 109 cm³/mol. The molecule has 28 heavy (non-hydrogen) atoms. The highest BCUT2D eigenvalue weighted by atomic mass is 16.5. The van der Waals surface area contributed by atoms with Crippen molar-refractivity contribution < 1.29 is 9.53 Å². The van der Waals surface area contributed by atoms with Crippen LogP contribution in [0.3, 0.4) is 0 Å². The first-order chi connectivity index (χ1) is 13.6. The number of imidazole rings is 1. The van der Waals surface area contributed by atoms with Crippen LogP contribution < -0.4 is 5.32 Å². The van der Waals surface area contributed by atoms with Gasteiger partial charge in [0.1, 0.15) is 0 Å². The summed E-state index contributed by atoms with van der Waals surface area (Å²) < 4.78 is 5.80. The van der Waals surface area contributed by atoms with Crippen molar-refractivity contribution in [1.29, 1.82) is 0 Å². The third-order valence-electron chi connectivity index (χ3n) is 5.06. The molecule has 146 valence electrons. The van der Waals surface area contributed by atoms with Gasteiger partial charge < -0.3 is 15.0 Å². The van der Waals surface area contributed by atoms with Crippen molar-refractivity contribution in [2.75, 3.05) is 13.1 Å². The van der Waals surface area contributed by atoms with Crippen LogP contribution in [0.15, 0.2) is 48.8 Å². The second-order valence-corrected chi connectivity index (χ2v) is 7.59. The number of hydrogen-bond acceptors (Lipinski definition) is 4. The van der Waals surface area contributed by atoms with Gasteiger partial charge in [0.2, 0.25) is 0 Å². The Hall–Kier alpha value is -2.70. The first-order valence-electron chi connectivity index (χ1n) is 9.74. The molecule has 1 aliphatic rings. The SMILES string of the molecule is C[C@@H]1CN(Cc2ccc(CNC(=O)c3ccc4nc[nH]c4c3)cc2)C[C@@H](C)O1. The lowest BCUT2D eigenvalue weighted by Crippen LogP contribution is -2.44. The van der Waals surface area contributed by atoms with Crippen molar-refractivity contribution in [3.05, 3.63) is 65.5 Å². The maximum absolute atomic E-state index is 12.4. The Kier molecular flexibility index (Phi) is 5.41. The van der Waals surface area contributed by atoms with Gasteiger partial charge in [0.25, 0.3) is 5.91 Å². The molecule has 0 spiro atoms. The number of aromatic nitrogens is 2. The molecule has 1 amide bonds. The van der Waals surface area contributed by atoms with Gasteiger partial charge in [-0.1, -0.05) is 24.3 Å². The van der Waals surface area contributed by atoms with Crippen LogP contribution in [0.2, 0.25) is 0 Å². The maximum Gasteiger partial charge on any atom is 0.251 e. The molecule has 1 aliphatic heterocycles. The monoisotopic (exact) mass is 378 g/mol. The van der Waals surface area contributed by atoms with E-state index in [0.29, 0.717) is 12.1 Å². The minimum absolute atomic E-state index is 0.0862. The van der Waals surface area contributed by atoms with Crippen LogP contribution in [-0.4, -0.2) is 46.1 Å². The average Bonchev–Trinajstić information content (AvgIpc) is 3.14. The van der Waals surface area contributed by atoms with Crippen molar-refractivity contribution in [2.24, 2.45) is 0 Å². The third-order valence-corrected chi connectivity index (χ3v) is 5.06. The molecule has 2 N–H and O–H groups in total. The van der Waals surface area contributed by atoms with E-state index >= 15 is 0 Å². The first kappa shape index (κ1) is 18.7. The summed E-state index contributed by atoms with van der Waals surface area (Å²) in [6.07, 6.45) is 2.19. The van der Waals surface area contributed by atoms with Crippen LogP contribution in [0.1, 0.15) is 35.3 Å². The molecule has 0 bridgehead atoms. The topological polar surface area (TPSA) is 70.2 Å².